The molecule has 1 fully saturated rings. The molecule has 1 saturated heterocycles. The fourth-order valence-corrected chi connectivity index (χ4v) is 3.44. The van der Waals surface area contributed by atoms with E-state index in [9.17, 15) is 8.78 Å². The maximum Gasteiger partial charge on any atom is 0.387 e. The van der Waals surface area contributed by atoms with Gasteiger partial charge in [-0.25, -0.2) is 0 Å². The van der Waals surface area contributed by atoms with E-state index in [1.54, 1.807) is 32.2 Å². The van der Waals surface area contributed by atoms with Gasteiger partial charge in [0.25, 0.3) is 0 Å². The summed E-state index contributed by atoms with van der Waals surface area (Å²) in [5.41, 5.74) is 0.584. The second kappa shape index (κ2) is 11.7. The summed E-state index contributed by atoms with van der Waals surface area (Å²) in [6.45, 7) is 4.81. The van der Waals surface area contributed by atoms with Crippen molar-refractivity contribution in [2.24, 2.45) is 4.99 Å². The number of para-hydroxylation sites is 1. The summed E-state index contributed by atoms with van der Waals surface area (Å²) in [6, 6.07) is 5.58. The molecule has 2 N–H and O–H groups in total. The molecule has 158 valence electrons. The number of aliphatic imine (C=N–C) groups is 1. The van der Waals surface area contributed by atoms with Crippen LogP contribution in [0, 0.1) is 0 Å². The summed E-state index contributed by atoms with van der Waals surface area (Å²) >= 11 is 0. The molecule has 0 saturated carbocycles. The molecule has 0 amide bonds. The molecule has 1 atom stereocenters. The van der Waals surface area contributed by atoms with Crippen LogP contribution in [0.4, 0.5) is 8.78 Å². The Morgan fingerprint density at radius 1 is 1.21 bits per heavy atom. The normalized spacial score (nSPS) is 16.3. The predicted octanol–water partition coefficient (Wildman–Crippen LogP) is 3.23. The lowest BCUT2D eigenvalue weighted by Crippen LogP contribution is -2.46. The van der Waals surface area contributed by atoms with Gasteiger partial charge in [0.1, 0.15) is 0 Å². The fraction of sp³-hybridized carbons (Fsp3) is 0.650. The topological polar surface area (TPSA) is 58.1 Å². The molecule has 2 rings (SSSR count). The van der Waals surface area contributed by atoms with E-state index in [0.717, 1.165) is 26.1 Å². The van der Waals surface area contributed by atoms with Crippen LogP contribution in [0.1, 0.15) is 38.7 Å². The molecule has 1 unspecified atom stereocenters. The van der Waals surface area contributed by atoms with Crippen molar-refractivity contribution in [1.82, 2.24) is 15.5 Å². The van der Waals surface area contributed by atoms with Crippen LogP contribution >= 0.6 is 0 Å². The first kappa shape index (κ1) is 22.2. The van der Waals surface area contributed by atoms with Crippen molar-refractivity contribution in [2.75, 3.05) is 33.3 Å². The number of alkyl halides is 2. The molecule has 0 radical (unpaired) electrons. The van der Waals surface area contributed by atoms with Crippen LogP contribution in [0.2, 0.25) is 0 Å². The number of halogens is 2. The Labute approximate surface area is 166 Å². The Morgan fingerprint density at radius 3 is 2.57 bits per heavy atom. The van der Waals surface area contributed by atoms with Crippen molar-refractivity contribution in [3.8, 4) is 11.5 Å². The molecule has 1 heterocycles. The van der Waals surface area contributed by atoms with Crippen molar-refractivity contribution >= 4 is 5.96 Å². The molecule has 6 nitrogen and oxygen atoms in total. The highest BCUT2D eigenvalue weighted by Crippen LogP contribution is 2.32. The lowest BCUT2D eigenvalue weighted by molar-refractivity contribution is -0.0520. The fourth-order valence-electron chi connectivity index (χ4n) is 3.44. The van der Waals surface area contributed by atoms with Crippen molar-refractivity contribution in [3.63, 3.8) is 0 Å². The monoisotopic (exact) mass is 398 g/mol. The van der Waals surface area contributed by atoms with Crippen molar-refractivity contribution in [2.45, 2.75) is 52.3 Å². The Balaban J connectivity index is 1.97. The van der Waals surface area contributed by atoms with Gasteiger partial charge in [0.05, 0.1) is 6.61 Å². The van der Waals surface area contributed by atoms with Gasteiger partial charge in [-0.3, -0.25) is 9.89 Å². The van der Waals surface area contributed by atoms with Crippen molar-refractivity contribution in [3.05, 3.63) is 23.8 Å². The van der Waals surface area contributed by atoms with Crippen LogP contribution in [0.3, 0.4) is 0 Å². The SMILES string of the molecule is CCOc1cccc(CNC(=NC)NCC(CC)N2CCCC2)c1OC(F)F. The van der Waals surface area contributed by atoms with Crippen LogP contribution in [0.15, 0.2) is 23.2 Å². The van der Waals surface area contributed by atoms with Gasteiger partial charge < -0.3 is 20.1 Å². The molecule has 1 aliphatic rings. The smallest absolute Gasteiger partial charge is 0.387 e. The minimum absolute atomic E-state index is 0.0609. The van der Waals surface area contributed by atoms with Gasteiger partial charge in [-0.15, -0.1) is 0 Å². The Bertz CT molecular complexity index is 622. The maximum atomic E-state index is 12.8. The average molecular weight is 398 g/mol. The Kier molecular flexibility index (Phi) is 9.27. The first-order valence-electron chi connectivity index (χ1n) is 9.97. The van der Waals surface area contributed by atoms with E-state index < -0.39 is 6.61 Å². The van der Waals surface area contributed by atoms with Crippen LogP contribution in [0.5, 0.6) is 11.5 Å². The van der Waals surface area contributed by atoms with Gasteiger partial charge in [0.15, 0.2) is 17.5 Å². The summed E-state index contributed by atoms with van der Waals surface area (Å²) < 4.78 is 35.8. The minimum atomic E-state index is -2.91. The third kappa shape index (κ3) is 6.51. The molecule has 1 aromatic rings. The second-order valence-electron chi connectivity index (χ2n) is 6.67. The van der Waals surface area contributed by atoms with Gasteiger partial charge in [-0.1, -0.05) is 19.1 Å². The Hall–Kier alpha value is -2.09. The first-order valence-corrected chi connectivity index (χ1v) is 9.97. The number of rotatable bonds is 10. The molecule has 0 bridgehead atoms. The second-order valence-corrected chi connectivity index (χ2v) is 6.67. The number of nitrogens with one attached hydrogen (secondary N) is 2. The highest BCUT2D eigenvalue weighted by atomic mass is 19.3. The van der Waals surface area contributed by atoms with Gasteiger partial charge in [-0.2, -0.15) is 8.78 Å². The van der Waals surface area contributed by atoms with E-state index >= 15 is 0 Å². The van der Waals surface area contributed by atoms with Crippen LogP contribution < -0.4 is 20.1 Å². The lowest BCUT2D eigenvalue weighted by Gasteiger charge is -2.27. The van der Waals surface area contributed by atoms with Crippen molar-refractivity contribution < 1.29 is 18.3 Å². The zero-order valence-electron chi connectivity index (χ0n) is 17.0. The summed E-state index contributed by atoms with van der Waals surface area (Å²) in [5.74, 6) is 0.999. The molecule has 8 heteroatoms. The number of hydrogen-bond acceptors (Lipinski definition) is 4. The number of nitrogens with zero attached hydrogens (tertiary/aromatic N) is 2. The van der Waals surface area contributed by atoms with E-state index in [0.29, 0.717) is 36.5 Å². The van der Waals surface area contributed by atoms with Gasteiger partial charge in [0.2, 0.25) is 0 Å². The predicted molar refractivity (Wildman–Crippen MR) is 107 cm³/mol. The van der Waals surface area contributed by atoms with E-state index in [4.69, 9.17) is 9.47 Å². The summed E-state index contributed by atoms with van der Waals surface area (Å²) in [6.07, 6.45) is 3.58. The lowest BCUT2D eigenvalue weighted by atomic mass is 10.2. The zero-order chi connectivity index (χ0) is 20.4. The zero-order valence-corrected chi connectivity index (χ0v) is 17.0. The molecule has 1 aromatic carbocycles. The number of benzene rings is 1. The average Bonchev–Trinajstić information content (AvgIpc) is 3.21. The first-order chi connectivity index (χ1) is 13.6. The van der Waals surface area contributed by atoms with Gasteiger partial charge in [0, 0.05) is 31.7 Å². The molecular formula is C20H32F2N4O2. The highest BCUT2D eigenvalue weighted by molar-refractivity contribution is 5.79. The highest BCUT2D eigenvalue weighted by Gasteiger charge is 2.21. The van der Waals surface area contributed by atoms with Crippen LogP contribution in [-0.2, 0) is 6.54 Å². The quantitative estimate of drug-likeness (QED) is 0.468. The Morgan fingerprint density at radius 2 is 1.96 bits per heavy atom. The number of guanidine groups is 1. The summed E-state index contributed by atoms with van der Waals surface area (Å²) in [7, 11) is 1.69. The molecular weight excluding hydrogens is 366 g/mol. The van der Waals surface area contributed by atoms with E-state index in [1.165, 1.54) is 12.8 Å². The molecule has 0 aromatic heterocycles. The molecule has 0 spiro atoms. The minimum Gasteiger partial charge on any atom is -0.490 e. The number of hydrogen-bond donors (Lipinski definition) is 2. The number of likely N-dealkylation sites (tertiary alicyclic amines) is 1. The van der Waals surface area contributed by atoms with E-state index in [1.807, 2.05) is 0 Å². The van der Waals surface area contributed by atoms with Crippen LogP contribution in [0.25, 0.3) is 0 Å². The maximum absolute atomic E-state index is 12.8. The third-order valence-electron chi connectivity index (χ3n) is 4.87. The van der Waals surface area contributed by atoms with Crippen molar-refractivity contribution in [1.29, 1.82) is 0 Å². The van der Waals surface area contributed by atoms with E-state index in [2.05, 4.69) is 27.4 Å². The summed E-state index contributed by atoms with van der Waals surface area (Å²) in [4.78, 5) is 6.74. The molecule has 1 aliphatic heterocycles. The largest absolute Gasteiger partial charge is 0.490 e. The van der Waals surface area contributed by atoms with Gasteiger partial charge >= 0.3 is 6.61 Å². The van der Waals surface area contributed by atoms with Crippen LogP contribution in [-0.4, -0.2) is 56.8 Å². The van der Waals surface area contributed by atoms with Gasteiger partial charge in [-0.05, 0) is 45.3 Å². The number of ether oxygens (including phenoxy) is 2. The standard InChI is InChI=1S/C20H32F2N4O2/c1-4-16(26-11-6-7-12-26)14-25-20(23-3)24-13-15-9-8-10-17(27-5-2)18(15)28-19(21)22/h8-10,16,19H,4-7,11-14H2,1-3H3,(H2,23,24,25). The molecule has 28 heavy (non-hydrogen) atoms. The molecule has 0 aliphatic carbocycles. The summed E-state index contributed by atoms with van der Waals surface area (Å²) in [5, 5.41) is 6.52. The third-order valence-corrected chi connectivity index (χ3v) is 4.87. The van der Waals surface area contributed by atoms with E-state index in [-0.39, 0.29) is 5.75 Å².